The Hall–Kier alpha value is -1.41. The van der Waals surface area contributed by atoms with E-state index >= 15 is 0 Å². The highest BCUT2D eigenvalue weighted by Gasteiger charge is 2.47. The van der Waals surface area contributed by atoms with E-state index in [2.05, 4.69) is 24.4 Å². The van der Waals surface area contributed by atoms with E-state index in [0.717, 1.165) is 0 Å². The predicted molar refractivity (Wildman–Crippen MR) is 78.4 cm³/mol. The zero-order valence-corrected chi connectivity index (χ0v) is 13.2. The zero-order valence-electron chi connectivity index (χ0n) is 11.6. The summed E-state index contributed by atoms with van der Waals surface area (Å²) in [5, 5.41) is 21.0. The predicted octanol–water partition coefficient (Wildman–Crippen LogP) is 0.143. The number of aliphatic hydroxyl groups excluding tert-OH is 2. The fourth-order valence-corrected chi connectivity index (χ4v) is 2.45. The van der Waals surface area contributed by atoms with E-state index in [0.29, 0.717) is 10.8 Å². The lowest BCUT2D eigenvalue weighted by Crippen LogP contribution is -2.51. The number of halogens is 4. The lowest BCUT2D eigenvalue weighted by Gasteiger charge is -2.24. The SMILES string of the molecule is O=c1[nH]c(=S)c(F)cn1[C@@H]1O[C@H](CO)[C@@H](O)[C@H]1NC(=S)C(F)(F)F. The molecule has 2 rings (SSSR count). The van der Waals surface area contributed by atoms with E-state index < -0.39 is 58.4 Å². The number of ether oxygens (including phenoxy) is 1. The summed E-state index contributed by atoms with van der Waals surface area (Å²) in [7, 11) is 0. The van der Waals surface area contributed by atoms with Gasteiger partial charge in [0.15, 0.2) is 17.0 Å². The Balaban J connectivity index is 2.42. The highest BCUT2D eigenvalue weighted by Crippen LogP contribution is 2.29. The molecule has 1 fully saturated rings. The molecule has 24 heavy (non-hydrogen) atoms. The molecule has 1 aromatic heterocycles. The summed E-state index contributed by atoms with van der Waals surface area (Å²) in [6.45, 7) is -0.741. The van der Waals surface area contributed by atoms with Crippen LogP contribution in [-0.2, 0) is 4.74 Å². The fourth-order valence-electron chi connectivity index (χ4n) is 2.17. The maximum Gasteiger partial charge on any atom is 0.441 e. The molecule has 1 aliphatic rings. The van der Waals surface area contributed by atoms with E-state index in [1.807, 2.05) is 10.3 Å². The van der Waals surface area contributed by atoms with Crippen LogP contribution in [-0.4, -0.2) is 55.8 Å². The molecule has 4 N–H and O–H groups in total. The summed E-state index contributed by atoms with van der Waals surface area (Å²) in [4.78, 5) is 12.3. The number of thiocarbonyl (C=S) groups is 1. The molecule has 4 atom stereocenters. The average Bonchev–Trinajstić information content (AvgIpc) is 2.78. The van der Waals surface area contributed by atoms with Crippen LogP contribution in [0.4, 0.5) is 17.6 Å². The first-order valence-electron chi connectivity index (χ1n) is 6.39. The third kappa shape index (κ3) is 3.64. The Morgan fingerprint density at radius 3 is 2.67 bits per heavy atom. The molecule has 0 saturated carbocycles. The maximum atomic E-state index is 13.6. The minimum Gasteiger partial charge on any atom is -0.394 e. The molecule has 0 aliphatic carbocycles. The number of aliphatic hydroxyl groups is 2. The molecule has 1 aromatic rings. The van der Waals surface area contributed by atoms with Crippen LogP contribution in [0.5, 0.6) is 0 Å². The van der Waals surface area contributed by atoms with Crippen molar-refractivity contribution >= 4 is 29.4 Å². The Labute approximate surface area is 141 Å². The number of rotatable bonds is 3. The summed E-state index contributed by atoms with van der Waals surface area (Å²) < 4.78 is 56.7. The van der Waals surface area contributed by atoms with E-state index in [1.54, 1.807) is 0 Å². The number of H-pyrrole nitrogens is 1. The molecule has 0 aromatic carbocycles. The zero-order chi connectivity index (χ0) is 18.2. The highest BCUT2D eigenvalue weighted by molar-refractivity contribution is 7.80. The van der Waals surface area contributed by atoms with Gasteiger partial charge in [-0.2, -0.15) is 13.2 Å². The van der Waals surface area contributed by atoms with Crippen LogP contribution >= 0.6 is 24.4 Å². The Morgan fingerprint density at radius 1 is 1.50 bits per heavy atom. The number of nitrogens with zero attached hydrogens (tertiary/aromatic N) is 1. The molecular weight excluding hydrogens is 378 g/mol. The quantitative estimate of drug-likeness (QED) is 0.431. The van der Waals surface area contributed by atoms with Gasteiger partial charge in [-0.3, -0.25) is 9.55 Å². The fraction of sp³-hybridized carbons (Fsp3) is 0.545. The second-order valence-corrected chi connectivity index (χ2v) is 5.70. The summed E-state index contributed by atoms with van der Waals surface area (Å²) in [6, 6.07) is -1.56. The number of nitrogens with one attached hydrogen (secondary N) is 2. The van der Waals surface area contributed by atoms with Crippen molar-refractivity contribution in [2.24, 2.45) is 0 Å². The van der Waals surface area contributed by atoms with Gasteiger partial charge in [-0.25, -0.2) is 9.18 Å². The van der Waals surface area contributed by atoms with Gasteiger partial charge in [-0.1, -0.05) is 24.4 Å². The van der Waals surface area contributed by atoms with Gasteiger partial charge in [0.2, 0.25) is 0 Å². The topological polar surface area (TPSA) is 99.5 Å². The molecule has 7 nitrogen and oxygen atoms in total. The maximum absolute atomic E-state index is 13.6. The van der Waals surface area contributed by atoms with Gasteiger partial charge in [0.1, 0.15) is 22.9 Å². The van der Waals surface area contributed by atoms with Crippen molar-refractivity contribution in [1.29, 1.82) is 0 Å². The van der Waals surface area contributed by atoms with E-state index in [4.69, 9.17) is 9.84 Å². The third-order valence-corrected chi connectivity index (χ3v) is 3.95. The summed E-state index contributed by atoms with van der Waals surface area (Å²) in [5.74, 6) is -1.02. The van der Waals surface area contributed by atoms with Crippen LogP contribution in [0.25, 0.3) is 0 Å². The molecule has 0 amide bonds. The van der Waals surface area contributed by atoms with Crippen molar-refractivity contribution in [3.63, 3.8) is 0 Å². The molecule has 0 bridgehead atoms. The van der Waals surface area contributed by atoms with Gasteiger partial charge in [-0.15, -0.1) is 0 Å². The first-order chi connectivity index (χ1) is 11.1. The van der Waals surface area contributed by atoms with Gasteiger partial charge >= 0.3 is 11.9 Å². The number of alkyl halides is 3. The van der Waals surface area contributed by atoms with Crippen molar-refractivity contribution in [2.75, 3.05) is 6.61 Å². The second-order valence-electron chi connectivity index (χ2n) is 4.88. The molecule has 1 saturated heterocycles. The molecule has 2 heterocycles. The van der Waals surface area contributed by atoms with Crippen molar-refractivity contribution in [3.05, 3.63) is 27.1 Å². The largest absolute Gasteiger partial charge is 0.441 e. The molecule has 0 unspecified atom stereocenters. The van der Waals surface area contributed by atoms with Crippen LogP contribution in [0.1, 0.15) is 6.23 Å². The van der Waals surface area contributed by atoms with Crippen LogP contribution in [0, 0.1) is 10.5 Å². The molecule has 0 radical (unpaired) electrons. The first kappa shape index (κ1) is 18.9. The van der Waals surface area contributed by atoms with Gasteiger partial charge in [-0.05, 0) is 0 Å². The van der Waals surface area contributed by atoms with E-state index in [1.165, 1.54) is 0 Å². The number of aromatic nitrogens is 2. The van der Waals surface area contributed by atoms with Crippen molar-refractivity contribution in [3.8, 4) is 0 Å². The van der Waals surface area contributed by atoms with Crippen molar-refractivity contribution in [1.82, 2.24) is 14.9 Å². The lowest BCUT2D eigenvalue weighted by molar-refractivity contribution is -0.0614. The molecule has 1 aliphatic heterocycles. The summed E-state index contributed by atoms with van der Waals surface area (Å²) in [5.41, 5.74) is -0.970. The first-order valence-corrected chi connectivity index (χ1v) is 7.21. The molecule has 0 spiro atoms. The van der Waals surface area contributed by atoms with Crippen LogP contribution in [0.3, 0.4) is 0 Å². The Bertz CT molecular complexity index is 750. The number of aromatic amines is 1. The molecule has 13 heteroatoms. The lowest BCUT2D eigenvalue weighted by atomic mass is 10.1. The standard InChI is InChI=1S/C11H11F4N3O4S2/c12-3-1-18(10(21)17-7(3)23)8-5(6(20)4(2-19)22-8)16-9(24)11(13,14)15/h1,4-6,8,19-20H,2H2,(H,16,24)(H,17,21,23)/t4-,5-,6-,8-/m1/s1. The normalized spacial score (nSPS) is 27.2. The van der Waals surface area contributed by atoms with Crippen molar-refractivity contribution < 1.29 is 32.5 Å². The monoisotopic (exact) mass is 389 g/mol. The summed E-state index contributed by atoms with van der Waals surface area (Å²) >= 11 is 8.72. The number of hydrogen-bond acceptors (Lipinski definition) is 6. The van der Waals surface area contributed by atoms with Crippen LogP contribution < -0.4 is 11.0 Å². The van der Waals surface area contributed by atoms with Gasteiger partial charge in [0, 0.05) is 0 Å². The van der Waals surface area contributed by atoms with Gasteiger partial charge in [0.05, 0.1) is 12.8 Å². The van der Waals surface area contributed by atoms with Crippen LogP contribution in [0.15, 0.2) is 11.0 Å². The molecular formula is C11H11F4N3O4S2. The summed E-state index contributed by atoms with van der Waals surface area (Å²) in [6.07, 6.45) is -8.76. The van der Waals surface area contributed by atoms with E-state index in [9.17, 15) is 27.5 Å². The number of hydrogen-bond donors (Lipinski definition) is 4. The third-order valence-electron chi connectivity index (χ3n) is 3.30. The molecule has 134 valence electrons. The van der Waals surface area contributed by atoms with Gasteiger partial charge < -0.3 is 20.3 Å². The van der Waals surface area contributed by atoms with Crippen molar-refractivity contribution in [2.45, 2.75) is 30.7 Å². The van der Waals surface area contributed by atoms with Gasteiger partial charge in [0.25, 0.3) is 0 Å². The Kier molecular flexibility index (Phi) is 5.39. The van der Waals surface area contributed by atoms with E-state index in [-0.39, 0.29) is 0 Å². The highest BCUT2D eigenvalue weighted by atomic mass is 32.1. The minimum atomic E-state index is -4.89. The smallest absolute Gasteiger partial charge is 0.394 e. The average molecular weight is 389 g/mol. The van der Waals surface area contributed by atoms with Crippen LogP contribution in [0.2, 0.25) is 0 Å². The minimum absolute atomic E-state index is 0.496. The Morgan fingerprint density at radius 2 is 2.12 bits per heavy atom. The second kappa shape index (κ2) is 6.84.